The molecule has 98 valence electrons. The predicted molar refractivity (Wildman–Crippen MR) is 77.4 cm³/mol. The van der Waals surface area contributed by atoms with Crippen molar-refractivity contribution in [3.8, 4) is 0 Å². The van der Waals surface area contributed by atoms with Gasteiger partial charge in [0.15, 0.2) is 0 Å². The fourth-order valence-electron chi connectivity index (χ4n) is 2.22. The number of thiophene rings is 1. The largest absolute Gasteiger partial charge is 0.330 e. The third kappa shape index (κ3) is 4.78. The predicted octanol–water partition coefficient (Wildman–Crippen LogP) is 3.36. The highest BCUT2D eigenvalue weighted by Gasteiger charge is 2.17. The van der Waals surface area contributed by atoms with E-state index in [1.54, 1.807) is 0 Å². The highest BCUT2D eigenvalue weighted by atomic mass is 32.1. The molecule has 1 aromatic rings. The van der Waals surface area contributed by atoms with Crippen LogP contribution in [0.3, 0.4) is 0 Å². The van der Waals surface area contributed by atoms with Gasteiger partial charge in [0.1, 0.15) is 0 Å². The lowest BCUT2D eigenvalue weighted by Gasteiger charge is -2.28. The van der Waals surface area contributed by atoms with Crippen molar-refractivity contribution < 1.29 is 0 Å². The fourth-order valence-corrected chi connectivity index (χ4v) is 3.07. The zero-order valence-electron chi connectivity index (χ0n) is 11.5. The summed E-state index contributed by atoms with van der Waals surface area (Å²) in [5.41, 5.74) is 5.86. The molecule has 2 nitrogen and oxygen atoms in total. The fraction of sp³-hybridized carbons (Fsp3) is 0.714. The van der Waals surface area contributed by atoms with E-state index in [0.29, 0.717) is 12.0 Å². The van der Waals surface area contributed by atoms with Gasteiger partial charge in [0.05, 0.1) is 0 Å². The Bertz CT molecular complexity index is 295. The standard InChI is InChI=1S/C14H26N2S/c1-11(2)8-13(9-15)10-16(4)12(3)14-6-5-7-17-14/h5-7,11-13H,8-10,15H2,1-4H3. The number of hydrogen-bond donors (Lipinski definition) is 1. The molecule has 0 aliphatic heterocycles. The first-order valence-electron chi connectivity index (χ1n) is 6.48. The summed E-state index contributed by atoms with van der Waals surface area (Å²) in [6, 6.07) is 4.83. The average molecular weight is 254 g/mol. The van der Waals surface area contributed by atoms with Crippen molar-refractivity contribution >= 4 is 11.3 Å². The zero-order chi connectivity index (χ0) is 12.8. The van der Waals surface area contributed by atoms with E-state index in [9.17, 15) is 0 Å². The van der Waals surface area contributed by atoms with Crippen molar-refractivity contribution in [2.24, 2.45) is 17.6 Å². The van der Waals surface area contributed by atoms with Crippen LogP contribution in [0.2, 0.25) is 0 Å². The van der Waals surface area contributed by atoms with E-state index < -0.39 is 0 Å². The van der Waals surface area contributed by atoms with Crippen molar-refractivity contribution in [2.75, 3.05) is 20.1 Å². The molecule has 0 bridgehead atoms. The van der Waals surface area contributed by atoms with Gasteiger partial charge >= 0.3 is 0 Å². The summed E-state index contributed by atoms with van der Waals surface area (Å²) >= 11 is 1.84. The van der Waals surface area contributed by atoms with Crippen LogP contribution in [0.4, 0.5) is 0 Å². The molecule has 0 amide bonds. The summed E-state index contributed by atoms with van der Waals surface area (Å²) in [4.78, 5) is 3.86. The second-order valence-electron chi connectivity index (χ2n) is 5.36. The lowest BCUT2D eigenvalue weighted by Crippen LogP contribution is -2.32. The average Bonchev–Trinajstić information content (AvgIpc) is 2.79. The molecule has 1 heterocycles. The Morgan fingerprint density at radius 3 is 2.53 bits per heavy atom. The van der Waals surface area contributed by atoms with Crippen LogP contribution in [-0.2, 0) is 0 Å². The lowest BCUT2D eigenvalue weighted by atomic mass is 9.96. The highest BCUT2D eigenvalue weighted by molar-refractivity contribution is 7.10. The van der Waals surface area contributed by atoms with Gasteiger partial charge in [-0.1, -0.05) is 19.9 Å². The van der Waals surface area contributed by atoms with E-state index >= 15 is 0 Å². The smallest absolute Gasteiger partial charge is 0.0410 e. The van der Waals surface area contributed by atoms with Gasteiger partial charge in [0, 0.05) is 17.5 Å². The molecule has 3 heteroatoms. The van der Waals surface area contributed by atoms with Crippen LogP contribution in [0.5, 0.6) is 0 Å². The second kappa shape index (κ2) is 7.14. The van der Waals surface area contributed by atoms with Crippen LogP contribution in [0, 0.1) is 11.8 Å². The first kappa shape index (κ1) is 14.7. The summed E-state index contributed by atoms with van der Waals surface area (Å²) in [5, 5.41) is 2.15. The molecule has 2 atom stereocenters. The molecule has 2 unspecified atom stereocenters. The minimum absolute atomic E-state index is 0.496. The van der Waals surface area contributed by atoms with Gasteiger partial charge in [-0.2, -0.15) is 0 Å². The third-order valence-electron chi connectivity index (χ3n) is 3.30. The number of nitrogens with zero attached hydrogens (tertiary/aromatic N) is 1. The van der Waals surface area contributed by atoms with Gasteiger partial charge < -0.3 is 5.73 Å². The highest BCUT2D eigenvalue weighted by Crippen LogP contribution is 2.24. The van der Waals surface area contributed by atoms with Gasteiger partial charge in [-0.3, -0.25) is 4.90 Å². The van der Waals surface area contributed by atoms with Gasteiger partial charge in [0.25, 0.3) is 0 Å². The summed E-state index contributed by atoms with van der Waals surface area (Å²) < 4.78 is 0. The third-order valence-corrected chi connectivity index (χ3v) is 4.34. The van der Waals surface area contributed by atoms with Crippen LogP contribution in [0.1, 0.15) is 38.1 Å². The molecule has 0 aliphatic carbocycles. The molecular formula is C14H26N2S. The van der Waals surface area contributed by atoms with Crippen molar-refractivity contribution in [2.45, 2.75) is 33.2 Å². The molecule has 17 heavy (non-hydrogen) atoms. The first-order chi connectivity index (χ1) is 8.04. The van der Waals surface area contributed by atoms with Crippen LogP contribution in [-0.4, -0.2) is 25.0 Å². The second-order valence-corrected chi connectivity index (χ2v) is 6.34. The Morgan fingerprint density at radius 2 is 2.06 bits per heavy atom. The molecule has 1 rings (SSSR count). The van der Waals surface area contributed by atoms with E-state index in [0.717, 1.165) is 19.0 Å². The molecule has 0 fully saturated rings. The van der Waals surface area contributed by atoms with E-state index in [-0.39, 0.29) is 0 Å². The van der Waals surface area contributed by atoms with Gasteiger partial charge in [-0.05, 0) is 50.2 Å². The Hall–Kier alpha value is -0.380. The topological polar surface area (TPSA) is 29.3 Å². The van der Waals surface area contributed by atoms with Crippen LogP contribution in [0.25, 0.3) is 0 Å². The van der Waals surface area contributed by atoms with Gasteiger partial charge in [-0.25, -0.2) is 0 Å². The molecule has 0 saturated heterocycles. The SMILES string of the molecule is CC(C)CC(CN)CN(C)C(C)c1cccs1. The van der Waals surface area contributed by atoms with Crippen LogP contribution < -0.4 is 5.73 Å². The lowest BCUT2D eigenvalue weighted by molar-refractivity contribution is 0.210. The zero-order valence-corrected chi connectivity index (χ0v) is 12.3. The van der Waals surface area contributed by atoms with Crippen LogP contribution in [0.15, 0.2) is 17.5 Å². The van der Waals surface area contributed by atoms with E-state index in [2.05, 4.69) is 50.2 Å². The molecular weight excluding hydrogens is 228 g/mol. The van der Waals surface area contributed by atoms with Gasteiger partial charge in [0.2, 0.25) is 0 Å². The maximum Gasteiger partial charge on any atom is 0.0410 e. The number of rotatable bonds is 7. The normalized spacial score (nSPS) is 15.5. The number of nitrogens with two attached hydrogens (primary N) is 1. The molecule has 0 radical (unpaired) electrons. The maximum atomic E-state index is 5.86. The summed E-state index contributed by atoms with van der Waals surface area (Å²) in [6.45, 7) is 8.69. The summed E-state index contributed by atoms with van der Waals surface area (Å²) in [5.74, 6) is 1.34. The summed E-state index contributed by atoms with van der Waals surface area (Å²) in [6.07, 6.45) is 1.22. The molecule has 2 N–H and O–H groups in total. The molecule has 0 spiro atoms. The summed E-state index contributed by atoms with van der Waals surface area (Å²) in [7, 11) is 2.20. The quantitative estimate of drug-likeness (QED) is 0.808. The van der Waals surface area contributed by atoms with Crippen molar-refractivity contribution in [1.82, 2.24) is 4.90 Å². The Balaban J connectivity index is 2.49. The van der Waals surface area contributed by atoms with Gasteiger partial charge in [-0.15, -0.1) is 11.3 Å². The Kier molecular flexibility index (Phi) is 6.17. The van der Waals surface area contributed by atoms with E-state index in [1.807, 2.05) is 11.3 Å². The number of hydrogen-bond acceptors (Lipinski definition) is 3. The van der Waals surface area contributed by atoms with E-state index in [1.165, 1.54) is 11.3 Å². The van der Waals surface area contributed by atoms with Crippen molar-refractivity contribution in [3.63, 3.8) is 0 Å². The minimum Gasteiger partial charge on any atom is -0.330 e. The van der Waals surface area contributed by atoms with Crippen molar-refractivity contribution in [3.05, 3.63) is 22.4 Å². The first-order valence-corrected chi connectivity index (χ1v) is 7.36. The van der Waals surface area contributed by atoms with Crippen molar-refractivity contribution in [1.29, 1.82) is 0 Å². The minimum atomic E-state index is 0.496. The maximum absolute atomic E-state index is 5.86. The van der Waals surface area contributed by atoms with Crippen LogP contribution >= 0.6 is 11.3 Å². The molecule has 0 saturated carbocycles. The molecule has 1 aromatic heterocycles. The Labute approximate surface area is 110 Å². The van der Waals surface area contributed by atoms with E-state index in [4.69, 9.17) is 5.73 Å². The monoisotopic (exact) mass is 254 g/mol. The Morgan fingerprint density at radius 1 is 1.35 bits per heavy atom. The molecule has 0 aliphatic rings. The molecule has 0 aromatic carbocycles.